The number of hydrogen-bond donors (Lipinski definition) is 0. The van der Waals surface area contributed by atoms with Crippen LogP contribution in [0.4, 0.5) is 0 Å². The van der Waals surface area contributed by atoms with Crippen molar-refractivity contribution in [3.05, 3.63) is 56.2 Å². The topological polar surface area (TPSA) is 0 Å². The van der Waals surface area contributed by atoms with Gasteiger partial charge >= 0.3 is 0 Å². The van der Waals surface area contributed by atoms with Gasteiger partial charge < -0.3 is 0 Å². The van der Waals surface area contributed by atoms with Crippen LogP contribution in [0.5, 0.6) is 0 Å². The molecule has 0 fully saturated rings. The average molecular weight is 330 g/mol. The molecule has 0 saturated carbocycles. The first-order valence-electron chi connectivity index (χ1n) is 5.60. The Morgan fingerprint density at radius 1 is 1.29 bits per heavy atom. The van der Waals surface area contributed by atoms with Gasteiger partial charge in [-0.3, -0.25) is 0 Å². The molecule has 1 unspecified atom stereocenters. The summed E-state index contributed by atoms with van der Waals surface area (Å²) in [6.07, 6.45) is 1.09. The summed E-state index contributed by atoms with van der Waals surface area (Å²) in [5.74, 6) is 0. The van der Waals surface area contributed by atoms with E-state index in [0.717, 1.165) is 17.0 Å². The van der Waals surface area contributed by atoms with E-state index in [1.165, 1.54) is 15.3 Å². The summed E-state index contributed by atoms with van der Waals surface area (Å²) in [4.78, 5) is 2.92. The molecule has 3 heteroatoms. The Hall–Kier alpha value is -0.310. The van der Waals surface area contributed by atoms with Crippen LogP contribution in [0.25, 0.3) is 0 Å². The Balaban J connectivity index is 2.33. The van der Waals surface area contributed by atoms with Gasteiger partial charge in [0.2, 0.25) is 0 Å². The number of rotatable bonds is 3. The van der Waals surface area contributed by atoms with Crippen molar-refractivity contribution >= 4 is 38.9 Å². The summed E-state index contributed by atoms with van der Waals surface area (Å²) in [6.45, 7) is 4.23. The van der Waals surface area contributed by atoms with Gasteiger partial charge in [0.25, 0.3) is 0 Å². The van der Waals surface area contributed by atoms with Gasteiger partial charge in [-0.05, 0) is 42.7 Å². The van der Waals surface area contributed by atoms with E-state index in [0.29, 0.717) is 0 Å². The lowest BCUT2D eigenvalue weighted by Gasteiger charge is -2.10. The smallest absolute Gasteiger partial charge is 0.0752 e. The first kappa shape index (κ1) is 13.1. The highest BCUT2D eigenvalue weighted by molar-refractivity contribution is 9.09. The first-order chi connectivity index (χ1) is 8.11. The van der Waals surface area contributed by atoms with Crippen molar-refractivity contribution in [1.82, 2.24) is 0 Å². The zero-order valence-corrected chi connectivity index (χ0v) is 13.0. The second-order valence-corrected chi connectivity index (χ2v) is 6.57. The molecule has 2 rings (SSSR count). The quantitative estimate of drug-likeness (QED) is 0.628. The maximum Gasteiger partial charge on any atom is 0.0752 e. The highest BCUT2D eigenvalue weighted by Gasteiger charge is 2.15. The number of alkyl halides is 1. The second-order valence-electron chi connectivity index (χ2n) is 4.05. The van der Waals surface area contributed by atoms with Crippen LogP contribution in [0, 0.1) is 6.92 Å². The largest absolute Gasteiger partial charge is 0.144 e. The number of aryl methyl sites for hydroxylation is 2. The van der Waals surface area contributed by atoms with Crippen molar-refractivity contribution in [3.8, 4) is 0 Å². The number of halogens is 2. The lowest BCUT2D eigenvalue weighted by Crippen LogP contribution is -1.91. The van der Waals surface area contributed by atoms with Gasteiger partial charge in [-0.15, -0.1) is 11.3 Å². The Kier molecular flexibility index (Phi) is 4.29. The molecule has 0 spiro atoms. The minimum atomic E-state index is 0.195. The van der Waals surface area contributed by atoms with Crippen molar-refractivity contribution in [2.75, 3.05) is 0 Å². The number of hydrogen-bond acceptors (Lipinski definition) is 1. The minimum Gasteiger partial charge on any atom is -0.144 e. The summed E-state index contributed by atoms with van der Waals surface area (Å²) in [5.41, 5.74) is 2.33. The van der Waals surface area contributed by atoms with Crippen molar-refractivity contribution in [1.29, 1.82) is 0 Å². The maximum absolute atomic E-state index is 6.29. The van der Waals surface area contributed by atoms with Crippen LogP contribution >= 0.6 is 38.9 Å². The Labute approximate surface area is 120 Å². The van der Waals surface area contributed by atoms with E-state index in [1.807, 2.05) is 17.4 Å². The highest BCUT2D eigenvalue weighted by Crippen LogP contribution is 2.38. The molecule has 0 nitrogen and oxygen atoms in total. The first-order valence-corrected chi connectivity index (χ1v) is 7.71. The second kappa shape index (κ2) is 5.55. The van der Waals surface area contributed by atoms with Crippen molar-refractivity contribution < 1.29 is 0 Å². The molecule has 0 bridgehead atoms. The van der Waals surface area contributed by atoms with Crippen LogP contribution in [-0.2, 0) is 6.42 Å². The third-order valence-electron chi connectivity index (χ3n) is 2.71. The van der Waals surface area contributed by atoms with E-state index in [1.54, 1.807) is 0 Å². The van der Waals surface area contributed by atoms with Crippen LogP contribution in [-0.4, -0.2) is 0 Å². The van der Waals surface area contributed by atoms with E-state index in [9.17, 15) is 0 Å². The summed E-state index contributed by atoms with van der Waals surface area (Å²) >= 11 is 11.9. The van der Waals surface area contributed by atoms with Crippen LogP contribution in [0.2, 0.25) is 5.02 Å². The minimum absolute atomic E-state index is 0.195. The Bertz CT molecular complexity index is 519. The van der Waals surface area contributed by atoms with E-state index >= 15 is 0 Å². The fraction of sp³-hybridized carbons (Fsp3) is 0.286. The third kappa shape index (κ3) is 2.93. The predicted octanol–water partition coefficient (Wildman–Crippen LogP) is 5.76. The summed E-state index contributed by atoms with van der Waals surface area (Å²) in [6, 6.07) is 10.6. The molecule has 0 radical (unpaired) electrons. The van der Waals surface area contributed by atoms with Gasteiger partial charge in [0.1, 0.15) is 0 Å². The monoisotopic (exact) mass is 328 g/mol. The van der Waals surface area contributed by atoms with Gasteiger partial charge in [0, 0.05) is 14.8 Å². The van der Waals surface area contributed by atoms with Crippen LogP contribution in [0.1, 0.15) is 32.6 Å². The lowest BCUT2D eigenvalue weighted by atomic mass is 10.1. The molecule has 2 aromatic rings. The van der Waals surface area contributed by atoms with Crippen molar-refractivity contribution in [2.45, 2.75) is 25.1 Å². The lowest BCUT2D eigenvalue weighted by molar-refractivity contribution is 1.19. The fourth-order valence-corrected chi connectivity index (χ4v) is 3.97. The molecule has 1 atom stereocenters. The zero-order valence-electron chi connectivity index (χ0n) is 9.84. The van der Waals surface area contributed by atoms with Crippen LogP contribution < -0.4 is 0 Å². The van der Waals surface area contributed by atoms with Crippen molar-refractivity contribution in [2.24, 2.45) is 0 Å². The molecule has 0 amide bonds. The van der Waals surface area contributed by atoms with Gasteiger partial charge in [0.15, 0.2) is 0 Å². The van der Waals surface area contributed by atoms with Crippen LogP contribution in [0.15, 0.2) is 30.3 Å². The normalized spacial score (nSPS) is 12.7. The average Bonchev–Trinajstić information content (AvgIpc) is 2.76. The summed E-state index contributed by atoms with van der Waals surface area (Å²) in [5, 5.41) is 0.832. The molecular formula is C14H14BrClS. The molecule has 0 saturated heterocycles. The van der Waals surface area contributed by atoms with E-state index in [-0.39, 0.29) is 4.83 Å². The Morgan fingerprint density at radius 3 is 2.65 bits per heavy atom. The van der Waals surface area contributed by atoms with E-state index in [4.69, 9.17) is 11.6 Å². The molecule has 90 valence electrons. The summed E-state index contributed by atoms with van der Waals surface area (Å²) in [7, 11) is 0. The molecule has 0 N–H and O–H groups in total. The molecule has 1 heterocycles. The molecule has 17 heavy (non-hydrogen) atoms. The standard InChI is InChI=1S/C14H14BrClS/c1-3-10-5-7-13(17-10)14(15)11-6-4-9(2)8-12(11)16/h4-8,14H,3H2,1-2H3. The van der Waals surface area contributed by atoms with Crippen molar-refractivity contribution in [3.63, 3.8) is 0 Å². The molecular weight excluding hydrogens is 316 g/mol. The highest BCUT2D eigenvalue weighted by atomic mass is 79.9. The fourth-order valence-electron chi connectivity index (χ4n) is 1.71. The molecule has 0 aliphatic rings. The summed E-state index contributed by atoms with van der Waals surface area (Å²) < 4.78 is 0. The maximum atomic E-state index is 6.29. The molecule has 1 aromatic carbocycles. The Morgan fingerprint density at radius 2 is 2.06 bits per heavy atom. The molecule has 0 aliphatic heterocycles. The van der Waals surface area contributed by atoms with Gasteiger partial charge in [-0.1, -0.05) is 46.6 Å². The number of benzene rings is 1. The van der Waals surface area contributed by atoms with Gasteiger partial charge in [0.05, 0.1) is 4.83 Å². The predicted molar refractivity (Wildman–Crippen MR) is 80.7 cm³/mol. The van der Waals surface area contributed by atoms with Crippen LogP contribution in [0.3, 0.4) is 0 Å². The van der Waals surface area contributed by atoms with Gasteiger partial charge in [-0.2, -0.15) is 0 Å². The third-order valence-corrected chi connectivity index (χ3v) is 5.62. The van der Waals surface area contributed by atoms with E-state index in [2.05, 4.69) is 54.0 Å². The van der Waals surface area contributed by atoms with E-state index < -0.39 is 0 Å². The zero-order chi connectivity index (χ0) is 12.4. The van der Waals surface area contributed by atoms with Gasteiger partial charge in [-0.25, -0.2) is 0 Å². The molecule has 0 aliphatic carbocycles. The number of thiophene rings is 1. The molecule has 1 aromatic heterocycles. The SMILES string of the molecule is CCc1ccc(C(Br)c2ccc(C)cc2Cl)s1.